The molecule has 6 nitrogen and oxygen atoms in total. The smallest absolute Gasteiger partial charge is 0.229 e. The van der Waals surface area contributed by atoms with Gasteiger partial charge in [-0.2, -0.15) is 0 Å². The summed E-state index contributed by atoms with van der Waals surface area (Å²) in [6.07, 6.45) is 0. The predicted octanol–water partition coefficient (Wildman–Crippen LogP) is -1.05. The van der Waals surface area contributed by atoms with Crippen molar-refractivity contribution in [1.29, 1.82) is 0 Å². The molecule has 0 aromatic carbocycles. The Labute approximate surface area is 100 Å². The van der Waals surface area contributed by atoms with Gasteiger partial charge in [-0.05, 0) is 27.7 Å². The van der Waals surface area contributed by atoms with Crippen molar-refractivity contribution in [2.75, 3.05) is 0 Å². The van der Waals surface area contributed by atoms with E-state index in [4.69, 9.17) is 0 Å². The lowest BCUT2D eigenvalue weighted by Crippen LogP contribution is -2.38. The zero-order chi connectivity index (χ0) is 12.4. The average Bonchev–Trinajstić information content (AvgIpc) is 2.13. The van der Waals surface area contributed by atoms with Crippen LogP contribution in [-0.4, -0.2) is 37.2 Å². The van der Waals surface area contributed by atoms with E-state index in [0.29, 0.717) is 34.7 Å². The highest BCUT2D eigenvalue weighted by molar-refractivity contribution is 6.64. The quantitative estimate of drug-likeness (QED) is 0.609. The molecule has 0 aliphatic heterocycles. The first-order valence-corrected chi connectivity index (χ1v) is 5.26. The molecule has 0 spiro atoms. The van der Waals surface area contributed by atoms with Gasteiger partial charge in [-0.3, -0.25) is 0 Å². The van der Waals surface area contributed by atoms with Crippen molar-refractivity contribution in [1.82, 2.24) is 29.9 Å². The first-order valence-electron chi connectivity index (χ1n) is 5.26. The fourth-order valence-electron chi connectivity index (χ4n) is 1.53. The van der Waals surface area contributed by atoms with Crippen LogP contribution in [0.5, 0.6) is 0 Å². The molecule has 85 valence electrons. The minimum atomic E-state index is 0.569. The second-order valence-corrected chi connectivity index (χ2v) is 3.72. The van der Waals surface area contributed by atoms with Crippen LogP contribution in [-0.2, 0) is 0 Å². The Morgan fingerprint density at radius 3 is 1.12 bits per heavy atom. The molecule has 2 heterocycles. The second-order valence-electron chi connectivity index (χ2n) is 3.72. The molecule has 0 saturated heterocycles. The molecule has 0 bridgehead atoms. The van der Waals surface area contributed by atoms with Gasteiger partial charge in [-0.25, -0.2) is 29.9 Å². The summed E-state index contributed by atoms with van der Waals surface area (Å²) in [5, 5.41) is 0. The van der Waals surface area contributed by atoms with Gasteiger partial charge in [0.1, 0.15) is 23.3 Å². The first kappa shape index (κ1) is 11.6. The van der Waals surface area contributed by atoms with Gasteiger partial charge in [-0.15, -0.1) is 0 Å². The number of rotatable bonds is 2. The summed E-state index contributed by atoms with van der Waals surface area (Å²) in [5.41, 5.74) is 1.14. The van der Waals surface area contributed by atoms with Crippen molar-refractivity contribution in [3.05, 3.63) is 23.3 Å². The average molecular weight is 227 g/mol. The lowest BCUT2D eigenvalue weighted by atomic mass is 9.76. The van der Waals surface area contributed by atoms with Crippen molar-refractivity contribution in [2.24, 2.45) is 0 Å². The number of aromatic nitrogens is 6. The summed E-state index contributed by atoms with van der Waals surface area (Å²) in [5.74, 6) is 2.75. The van der Waals surface area contributed by atoms with E-state index in [0.717, 1.165) is 0 Å². The van der Waals surface area contributed by atoms with E-state index in [1.165, 1.54) is 0 Å². The van der Waals surface area contributed by atoms with E-state index in [9.17, 15) is 0 Å². The standard InChI is InChI=1S/C10H12BN6/c1-5-12-6(2)15-9(14-5)11-10-16-7(3)13-8(4)17-10/h1-4H3. The van der Waals surface area contributed by atoms with Crippen LogP contribution >= 0.6 is 0 Å². The molecular weight excluding hydrogens is 215 g/mol. The minimum Gasteiger partial charge on any atom is -0.229 e. The molecular formula is C10H12BN6. The molecule has 0 atom stereocenters. The molecule has 2 rings (SSSR count). The molecule has 0 aliphatic carbocycles. The van der Waals surface area contributed by atoms with Crippen LogP contribution < -0.4 is 11.4 Å². The number of aryl methyl sites for hydroxylation is 4. The molecule has 0 aliphatic rings. The Hall–Kier alpha value is -1.92. The Morgan fingerprint density at radius 1 is 0.529 bits per heavy atom. The molecule has 0 saturated carbocycles. The summed E-state index contributed by atoms with van der Waals surface area (Å²) >= 11 is 0. The van der Waals surface area contributed by atoms with Crippen LogP contribution in [0.2, 0.25) is 0 Å². The van der Waals surface area contributed by atoms with Crippen LogP contribution in [0.1, 0.15) is 23.3 Å². The first-order chi connectivity index (χ1) is 8.02. The highest BCUT2D eigenvalue weighted by Gasteiger charge is 2.09. The van der Waals surface area contributed by atoms with Gasteiger partial charge in [0.2, 0.25) is 0 Å². The maximum atomic E-state index is 4.21. The van der Waals surface area contributed by atoms with Crippen molar-refractivity contribution in [2.45, 2.75) is 27.7 Å². The van der Waals surface area contributed by atoms with Gasteiger partial charge in [0.15, 0.2) is 0 Å². The molecule has 7 heteroatoms. The Balaban J connectivity index is 2.31. The predicted molar refractivity (Wildman–Crippen MR) is 63.6 cm³/mol. The third-order valence-corrected chi connectivity index (χ3v) is 2.01. The van der Waals surface area contributed by atoms with Crippen molar-refractivity contribution in [3.8, 4) is 0 Å². The molecule has 17 heavy (non-hydrogen) atoms. The lowest BCUT2D eigenvalue weighted by molar-refractivity contribution is 0.938. The van der Waals surface area contributed by atoms with E-state index in [-0.39, 0.29) is 0 Å². The lowest BCUT2D eigenvalue weighted by Gasteiger charge is -2.02. The van der Waals surface area contributed by atoms with Crippen LogP contribution in [0.25, 0.3) is 0 Å². The van der Waals surface area contributed by atoms with Gasteiger partial charge in [0.05, 0.1) is 11.4 Å². The SMILES string of the molecule is Cc1nc(C)nc([B]c2nc(C)nc(C)n2)n1. The van der Waals surface area contributed by atoms with Crippen molar-refractivity contribution in [3.63, 3.8) is 0 Å². The minimum absolute atomic E-state index is 0.569. The molecule has 1 radical (unpaired) electrons. The largest absolute Gasteiger partial charge is 0.295 e. The summed E-state index contributed by atoms with van der Waals surface area (Å²) in [6.45, 7) is 7.32. The zero-order valence-electron chi connectivity index (χ0n) is 10.3. The summed E-state index contributed by atoms with van der Waals surface area (Å²) in [6, 6.07) is 0. The Bertz CT molecular complexity index is 466. The molecule has 0 fully saturated rings. The number of nitrogens with zero attached hydrogens (tertiary/aromatic N) is 6. The molecule has 0 amide bonds. The maximum Gasteiger partial charge on any atom is 0.295 e. The van der Waals surface area contributed by atoms with E-state index in [2.05, 4.69) is 29.9 Å². The highest BCUT2D eigenvalue weighted by Crippen LogP contribution is 1.86. The summed E-state index contributed by atoms with van der Waals surface area (Å²) in [4.78, 5) is 25.1. The number of hydrogen-bond donors (Lipinski definition) is 0. The fourth-order valence-corrected chi connectivity index (χ4v) is 1.53. The van der Waals surface area contributed by atoms with Crippen molar-refractivity contribution < 1.29 is 0 Å². The summed E-state index contributed by atoms with van der Waals surface area (Å²) in [7, 11) is 1.73. The summed E-state index contributed by atoms with van der Waals surface area (Å²) < 4.78 is 0. The molecule has 2 aromatic rings. The Kier molecular flexibility index (Phi) is 3.08. The van der Waals surface area contributed by atoms with Crippen LogP contribution in [0.3, 0.4) is 0 Å². The van der Waals surface area contributed by atoms with E-state index in [1.54, 1.807) is 7.28 Å². The molecule has 2 aromatic heterocycles. The van der Waals surface area contributed by atoms with Gasteiger partial charge >= 0.3 is 0 Å². The Morgan fingerprint density at radius 2 is 0.824 bits per heavy atom. The third kappa shape index (κ3) is 3.02. The van der Waals surface area contributed by atoms with E-state index >= 15 is 0 Å². The van der Waals surface area contributed by atoms with Gasteiger partial charge in [-0.1, -0.05) is 0 Å². The topological polar surface area (TPSA) is 77.3 Å². The molecule has 0 unspecified atom stereocenters. The third-order valence-electron chi connectivity index (χ3n) is 2.01. The van der Waals surface area contributed by atoms with Gasteiger partial charge < -0.3 is 0 Å². The van der Waals surface area contributed by atoms with Gasteiger partial charge in [0, 0.05) is 0 Å². The van der Waals surface area contributed by atoms with Crippen LogP contribution in [0.15, 0.2) is 0 Å². The zero-order valence-corrected chi connectivity index (χ0v) is 10.3. The maximum absolute atomic E-state index is 4.21. The highest BCUT2D eigenvalue weighted by atomic mass is 15.0. The van der Waals surface area contributed by atoms with Crippen LogP contribution in [0, 0.1) is 27.7 Å². The number of hydrogen-bond acceptors (Lipinski definition) is 6. The second kappa shape index (κ2) is 4.53. The fraction of sp³-hybridized carbons (Fsp3) is 0.400. The monoisotopic (exact) mass is 227 g/mol. The normalized spacial score (nSPS) is 10.4. The van der Waals surface area contributed by atoms with Gasteiger partial charge in [0.25, 0.3) is 7.28 Å². The van der Waals surface area contributed by atoms with E-state index < -0.39 is 0 Å². The van der Waals surface area contributed by atoms with E-state index in [1.807, 2.05) is 27.7 Å². The van der Waals surface area contributed by atoms with Crippen molar-refractivity contribution >= 4 is 18.7 Å². The molecule has 0 N–H and O–H groups in total. The van der Waals surface area contributed by atoms with Crippen LogP contribution in [0.4, 0.5) is 0 Å².